The molecule has 0 aliphatic carbocycles. The van der Waals surface area contributed by atoms with E-state index >= 15 is 0 Å². The van der Waals surface area contributed by atoms with Gasteiger partial charge in [-0.3, -0.25) is 9.78 Å². The normalized spacial score (nSPS) is 19.9. The Morgan fingerprint density at radius 1 is 1.12 bits per heavy atom. The number of pyridine rings is 1. The Hall–Kier alpha value is -3.45. The zero-order chi connectivity index (χ0) is 23.4. The second kappa shape index (κ2) is 8.09. The van der Waals surface area contributed by atoms with Crippen LogP contribution in [0.15, 0.2) is 47.2 Å². The number of oxazole rings is 1. The van der Waals surface area contributed by atoms with E-state index in [1.54, 1.807) is 0 Å². The number of rotatable bonds is 4. The Morgan fingerprint density at radius 2 is 1.91 bits per heavy atom. The Kier molecular flexibility index (Phi) is 5.03. The van der Waals surface area contributed by atoms with Gasteiger partial charge in [-0.2, -0.15) is 0 Å². The minimum atomic E-state index is -0.0367. The second-order valence-corrected chi connectivity index (χ2v) is 9.94. The molecule has 2 aliphatic heterocycles. The van der Waals surface area contributed by atoms with Gasteiger partial charge in [-0.05, 0) is 60.6 Å². The fourth-order valence-corrected chi connectivity index (χ4v) is 5.56. The topological polar surface area (TPSA) is 87.0 Å². The Labute approximate surface area is 198 Å². The van der Waals surface area contributed by atoms with Crippen LogP contribution >= 0.6 is 0 Å². The van der Waals surface area contributed by atoms with E-state index < -0.39 is 0 Å². The van der Waals surface area contributed by atoms with E-state index in [4.69, 9.17) is 4.42 Å². The highest BCUT2D eigenvalue weighted by atomic mass is 16.3. The molecule has 3 aromatic heterocycles. The number of nitrogens with zero attached hydrogens (tertiary/aromatic N) is 3. The van der Waals surface area contributed by atoms with Gasteiger partial charge in [0.15, 0.2) is 5.69 Å². The third kappa shape index (κ3) is 3.51. The molecule has 0 bridgehead atoms. The van der Waals surface area contributed by atoms with Crippen molar-refractivity contribution in [3.05, 3.63) is 59.7 Å². The molecular formula is C27H29N5O2. The van der Waals surface area contributed by atoms with E-state index in [-0.39, 0.29) is 5.91 Å². The number of aromatic nitrogens is 3. The van der Waals surface area contributed by atoms with Gasteiger partial charge in [0, 0.05) is 60.1 Å². The van der Waals surface area contributed by atoms with Crippen LogP contribution in [0.4, 0.5) is 0 Å². The van der Waals surface area contributed by atoms with Crippen molar-refractivity contribution < 1.29 is 9.21 Å². The Morgan fingerprint density at radius 3 is 2.65 bits per heavy atom. The number of benzene rings is 1. The lowest BCUT2D eigenvalue weighted by Gasteiger charge is -2.15. The first-order valence-electron chi connectivity index (χ1n) is 12.0. The average molecular weight is 456 g/mol. The SMILES string of the molecule is Cc1cc(-c2[nH]c3ccc(-c4nc(C(=O)N5CC6CNCC6C5)co4)cc3c2C(C)C)ccn1. The zero-order valence-corrected chi connectivity index (χ0v) is 19.8. The Bertz CT molecular complexity index is 1370. The van der Waals surface area contributed by atoms with Crippen LogP contribution in [-0.2, 0) is 0 Å². The van der Waals surface area contributed by atoms with Crippen molar-refractivity contribution >= 4 is 16.8 Å². The van der Waals surface area contributed by atoms with E-state index in [2.05, 4.69) is 52.3 Å². The van der Waals surface area contributed by atoms with Gasteiger partial charge in [-0.1, -0.05) is 13.8 Å². The highest BCUT2D eigenvalue weighted by Crippen LogP contribution is 2.37. The molecule has 174 valence electrons. The third-order valence-corrected chi connectivity index (χ3v) is 7.25. The van der Waals surface area contributed by atoms with Gasteiger partial charge in [0.25, 0.3) is 5.91 Å². The fourth-order valence-electron chi connectivity index (χ4n) is 5.56. The molecule has 2 aliphatic rings. The molecule has 2 N–H and O–H groups in total. The Balaban J connectivity index is 1.33. The van der Waals surface area contributed by atoms with E-state index in [0.717, 1.165) is 59.6 Å². The summed E-state index contributed by atoms with van der Waals surface area (Å²) in [5.74, 6) is 1.87. The number of fused-ring (bicyclic) bond motifs is 2. The maximum Gasteiger partial charge on any atom is 0.275 e. The maximum atomic E-state index is 13.0. The van der Waals surface area contributed by atoms with Crippen LogP contribution in [0.3, 0.4) is 0 Å². The predicted octanol–water partition coefficient (Wildman–Crippen LogP) is 4.61. The molecule has 0 radical (unpaired) electrons. The van der Waals surface area contributed by atoms with Gasteiger partial charge >= 0.3 is 0 Å². The summed E-state index contributed by atoms with van der Waals surface area (Å²) in [6.07, 6.45) is 3.35. The number of hydrogen-bond donors (Lipinski definition) is 2. The van der Waals surface area contributed by atoms with Crippen LogP contribution in [0, 0.1) is 18.8 Å². The second-order valence-electron chi connectivity index (χ2n) is 9.94. The summed E-state index contributed by atoms with van der Waals surface area (Å²) < 4.78 is 5.79. The minimum Gasteiger partial charge on any atom is -0.444 e. The lowest BCUT2D eigenvalue weighted by molar-refractivity contribution is 0.0776. The van der Waals surface area contributed by atoms with E-state index in [0.29, 0.717) is 29.3 Å². The highest BCUT2D eigenvalue weighted by molar-refractivity contribution is 5.95. The van der Waals surface area contributed by atoms with Gasteiger partial charge in [0.2, 0.25) is 5.89 Å². The number of aryl methyl sites for hydroxylation is 1. The van der Waals surface area contributed by atoms with Gasteiger partial charge in [-0.25, -0.2) is 4.98 Å². The first kappa shape index (κ1) is 21.1. The molecule has 5 heterocycles. The number of nitrogens with one attached hydrogen (secondary N) is 2. The largest absolute Gasteiger partial charge is 0.444 e. The van der Waals surface area contributed by atoms with Crippen molar-refractivity contribution in [3.8, 4) is 22.7 Å². The molecule has 1 amide bonds. The fraction of sp³-hybridized carbons (Fsp3) is 0.370. The quantitative estimate of drug-likeness (QED) is 0.469. The first-order chi connectivity index (χ1) is 16.5. The molecule has 1 aromatic carbocycles. The number of likely N-dealkylation sites (tertiary alicyclic amines) is 1. The summed E-state index contributed by atoms with van der Waals surface area (Å²) in [6.45, 7) is 9.99. The summed E-state index contributed by atoms with van der Waals surface area (Å²) in [6, 6.07) is 10.3. The van der Waals surface area contributed by atoms with E-state index in [1.165, 1.54) is 11.8 Å². The monoisotopic (exact) mass is 455 g/mol. The van der Waals surface area contributed by atoms with Gasteiger partial charge < -0.3 is 19.6 Å². The van der Waals surface area contributed by atoms with Crippen molar-refractivity contribution in [1.82, 2.24) is 25.2 Å². The van der Waals surface area contributed by atoms with Crippen LogP contribution in [0.25, 0.3) is 33.6 Å². The van der Waals surface area contributed by atoms with Crippen molar-refractivity contribution in [2.45, 2.75) is 26.7 Å². The lowest BCUT2D eigenvalue weighted by atomic mass is 9.95. The molecule has 2 saturated heterocycles. The van der Waals surface area contributed by atoms with Crippen LogP contribution < -0.4 is 5.32 Å². The van der Waals surface area contributed by atoms with E-state index in [9.17, 15) is 4.79 Å². The lowest BCUT2D eigenvalue weighted by Crippen LogP contribution is -2.32. The van der Waals surface area contributed by atoms with Crippen LogP contribution in [0.5, 0.6) is 0 Å². The number of hydrogen-bond acceptors (Lipinski definition) is 5. The van der Waals surface area contributed by atoms with Crippen molar-refractivity contribution in [3.63, 3.8) is 0 Å². The maximum absolute atomic E-state index is 13.0. The smallest absolute Gasteiger partial charge is 0.275 e. The third-order valence-electron chi connectivity index (χ3n) is 7.25. The molecule has 0 spiro atoms. The van der Waals surface area contributed by atoms with Crippen molar-refractivity contribution in [2.24, 2.45) is 11.8 Å². The molecule has 34 heavy (non-hydrogen) atoms. The van der Waals surface area contributed by atoms with Crippen molar-refractivity contribution in [1.29, 1.82) is 0 Å². The molecular weight excluding hydrogens is 426 g/mol. The predicted molar refractivity (Wildman–Crippen MR) is 132 cm³/mol. The average Bonchev–Trinajstić information content (AvgIpc) is 3.60. The summed E-state index contributed by atoms with van der Waals surface area (Å²) in [4.78, 5) is 27.5. The van der Waals surface area contributed by atoms with Crippen LogP contribution in [0.2, 0.25) is 0 Å². The van der Waals surface area contributed by atoms with Crippen LogP contribution in [-0.4, -0.2) is 51.9 Å². The molecule has 7 heteroatoms. The minimum absolute atomic E-state index is 0.0367. The first-order valence-corrected chi connectivity index (χ1v) is 12.0. The summed E-state index contributed by atoms with van der Waals surface area (Å²) in [5, 5.41) is 4.55. The standard InChI is InChI=1S/C27H29N5O2/c1-15(2)24-21-9-18(4-5-22(21)30-25(24)17-6-7-29-16(3)8-17)26-31-23(14-34-26)27(33)32-12-19-10-28-11-20(19)13-32/h4-9,14-15,19-20,28,30H,10-13H2,1-3H3. The molecule has 6 rings (SSSR count). The molecule has 0 saturated carbocycles. The van der Waals surface area contributed by atoms with Crippen molar-refractivity contribution in [2.75, 3.05) is 26.2 Å². The summed E-state index contributed by atoms with van der Waals surface area (Å²) >= 11 is 0. The molecule has 4 aromatic rings. The van der Waals surface area contributed by atoms with Gasteiger partial charge in [-0.15, -0.1) is 0 Å². The summed E-state index contributed by atoms with van der Waals surface area (Å²) in [7, 11) is 0. The number of carbonyl (C=O) groups excluding carboxylic acids is 1. The van der Waals surface area contributed by atoms with Crippen LogP contribution in [0.1, 0.15) is 41.5 Å². The number of carbonyl (C=O) groups is 1. The van der Waals surface area contributed by atoms with Gasteiger partial charge in [0.1, 0.15) is 6.26 Å². The molecule has 7 nitrogen and oxygen atoms in total. The number of aromatic amines is 1. The zero-order valence-electron chi connectivity index (χ0n) is 19.8. The highest BCUT2D eigenvalue weighted by Gasteiger charge is 2.39. The number of H-pyrrole nitrogens is 1. The molecule has 2 unspecified atom stereocenters. The number of amides is 1. The molecule has 2 atom stereocenters. The molecule has 2 fully saturated rings. The van der Waals surface area contributed by atoms with Gasteiger partial charge in [0.05, 0.1) is 5.69 Å². The summed E-state index contributed by atoms with van der Waals surface area (Å²) in [5.41, 5.74) is 6.80. The van der Waals surface area contributed by atoms with E-state index in [1.807, 2.05) is 30.2 Å².